The van der Waals surface area contributed by atoms with Crippen LogP contribution in [-0.4, -0.2) is 46.1 Å². The van der Waals surface area contributed by atoms with Gasteiger partial charge in [-0.15, -0.1) is 0 Å². The van der Waals surface area contributed by atoms with Crippen LogP contribution >= 0.6 is 0 Å². The highest BCUT2D eigenvalue weighted by Gasteiger charge is 2.45. The number of benzene rings is 1. The Balaban J connectivity index is 1.33. The van der Waals surface area contributed by atoms with E-state index < -0.39 is 5.60 Å². The largest absolute Gasteiger partial charge is 0.386 e. The molecule has 1 atom stereocenters. The molecule has 1 spiro atoms. The second-order valence-electron chi connectivity index (χ2n) is 7.76. The molecular formula is C22H23FN4O3. The molecule has 1 aromatic carbocycles. The van der Waals surface area contributed by atoms with Crippen molar-refractivity contribution in [2.45, 2.75) is 37.8 Å². The Morgan fingerprint density at radius 2 is 2.10 bits per heavy atom. The summed E-state index contributed by atoms with van der Waals surface area (Å²) in [6, 6.07) is 9.75. The second-order valence-corrected chi connectivity index (χ2v) is 7.76. The number of likely N-dealkylation sites (tertiary alicyclic amines) is 1. The van der Waals surface area contributed by atoms with Crippen molar-refractivity contribution in [1.29, 1.82) is 0 Å². The number of nitrogens with one attached hydrogen (secondary N) is 1. The predicted octanol–water partition coefficient (Wildman–Crippen LogP) is 2.22. The van der Waals surface area contributed by atoms with Crippen molar-refractivity contribution in [3.05, 3.63) is 65.7 Å². The summed E-state index contributed by atoms with van der Waals surface area (Å²) in [5.74, 6) is -0.721. The SMILES string of the molecule is O=C(NCc1cccnc1)C1=NO[C@@]2(CCCN(C(=O)Cc3cccc(F)c3)C2)C1. The van der Waals surface area contributed by atoms with Gasteiger partial charge >= 0.3 is 0 Å². The molecule has 2 amide bonds. The fourth-order valence-corrected chi connectivity index (χ4v) is 3.89. The zero-order valence-corrected chi connectivity index (χ0v) is 16.5. The molecule has 1 N–H and O–H groups in total. The summed E-state index contributed by atoms with van der Waals surface area (Å²) in [6.07, 6.45) is 5.34. The molecule has 1 saturated heterocycles. The average molecular weight is 410 g/mol. The van der Waals surface area contributed by atoms with E-state index in [4.69, 9.17) is 4.84 Å². The summed E-state index contributed by atoms with van der Waals surface area (Å²) in [4.78, 5) is 36.6. The number of hydrogen-bond acceptors (Lipinski definition) is 5. The van der Waals surface area contributed by atoms with Gasteiger partial charge in [0.1, 0.15) is 11.5 Å². The lowest BCUT2D eigenvalue weighted by Gasteiger charge is -2.38. The van der Waals surface area contributed by atoms with Crippen molar-refractivity contribution in [1.82, 2.24) is 15.2 Å². The van der Waals surface area contributed by atoms with Crippen LogP contribution in [-0.2, 0) is 27.4 Å². The lowest BCUT2D eigenvalue weighted by atomic mass is 9.87. The molecule has 3 heterocycles. The topological polar surface area (TPSA) is 83.9 Å². The third kappa shape index (κ3) is 4.64. The van der Waals surface area contributed by atoms with E-state index in [2.05, 4.69) is 15.5 Å². The van der Waals surface area contributed by atoms with Gasteiger partial charge in [-0.1, -0.05) is 23.4 Å². The molecule has 2 aromatic rings. The minimum Gasteiger partial charge on any atom is -0.386 e. The first kappa shape index (κ1) is 20.0. The minimum atomic E-state index is -0.670. The van der Waals surface area contributed by atoms with Crippen molar-refractivity contribution >= 4 is 17.5 Å². The maximum Gasteiger partial charge on any atom is 0.269 e. The van der Waals surface area contributed by atoms with E-state index in [0.717, 1.165) is 18.4 Å². The van der Waals surface area contributed by atoms with Gasteiger partial charge in [0.2, 0.25) is 5.91 Å². The normalized spacial score (nSPS) is 20.6. The number of carbonyl (C=O) groups is 2. The third-order valence-corrected chi connectivity index (χ3v) is 5.41. The van der Waals surface area contributed by atoms with Gasteiger partial charge in [0.25, 0.3) is 5.91 Å². The summed E-state index contributed by atoms with van der Waals surface area (Å²) < 4.78 is 13.4. The van der Waals surface area contributed by atoms with Gasteiger partial charge in [0.05, 0.1) is 13.0 Å². The molecule has 156 valence electrons. The highest BCUT2D eigenvalue weighted by atomic mass is 19.1. The van der Waals surface area contributed by atoms with Gasteiger partial charge in [0.15, 0.2) is 5.60 Å². The van der Waals surface area contributed by atoms with Crippen LogP contribution in [0, 0.1) is 5.82 Å². The summed E-state index contributed by atoms with van der Waals surface area (Å²) in [5, 5.41) is 6.84. The van der Waals surface area contributed by atoms with Crippen LogP contribution in [0.15, 0.2) is 53.9 Å². The quantitative estimate of drug-likeness (QED) is 0.819. The Labute approximate surface area is 173 Å². The van der Waals surface area contributed by atoms with E-state index >= 15 is 0 Å². The minimum absolute atomic E-state index is 0.0854. The molecule has 2 aliphatic rings. The number of pyridine rings is 1. The molecule has 0 aliphatic carbocycles. The molecule has 1 aromatic heterocycles. The number of aromatic nitrogens is 1. The second kappa shape index (κ2) is 8.61. The van der Waals surface area contributed by atoms with Crippen LogP contribution in [0.1, 0.15) is 30.4 Å². The molecule has 8 heteroatoms. The lowest BCUT2D eigenvalue weighted by molar-refractivity contribution is -0.139. The Morgan fingerprint density at radius 3 is 2.90 bits per heavy atom. The van der Waals surface area contributed by atoms with Gasteiger partial charge < -0.3 is 15.1 Å². The molecule has 0 unspecified atom stereocenters. The van der Waals surface area contributed by atoms with E-state index in [1.807, 2.05) is 12.1 Å². The number of carbonyl (C=O) groups excluding carboxylic acids is 2. The maximum atomic E-state index is 13.4. The number of oxime groups is 1. The molecule has 7 nitrogen and oxygen atoms in total. The molecular weight excluding hydrogens is 387 g/mol. The summed E-state index contributed by atoms with van der Waals surface area (Å²) in [6.45, 7) is 1.34. The summed E-state index contributed by atoms with van der Waals surface area (Å²) in [5.41, 5.74) is 1.19. The Bertz CT molecular complexity index is 966. The smallest absolute Gasteiger partial charge is 0.269 e. The van der Waals surface area contributed by atoms with Crippen LogP contribution in [0.25, 0.3) is 0 Å². The van der Waals surface area contributed by atoms with E-state index in [-0.39, 0.29) is 24.1 Å². The molecule has 0 bridgehead atoms. The Kier molecular flexibility index (Phi) is 5.74. The Morgan fingerprint density at radius 1 is 1.23 bits per heavy atom. The molecule has 2 aliphatic heterocycles. The molecule has 1 fully saturated rings. The highest BCUT2D eigenvalue weighted by Crippen LogP contribution is 2.33. The number of halogens is 1. The first-order valence-corrected chi connectivity index (χ1v) is 9.97. The third-order valence-electron chi connectivity index (χ3n) is 5.41. The number of hydrogen-bond donors (Lipinski definition) is 1. The molecule has 0 saturated carbocycles. The summed E-state index contributed by atoms with van der Waals surface area (Å²) >= 11 is 0. The van der Waals surface area contributed by atoms with Gasteiger partial charge in [-0.25, -0.2) is 4.39 Å². The van der Waals surface area contributed by atoms with E-state index in [1.165, 1.54) is 12.1 Å². The van der Waals surface area contributed by atoms with E-state index in [0.29, 0.717) is 37.3 Å². The number of amides is 2. The first-order valence-electron chi connectivity index (χ1n) is 9.97. The first-order chi connectivity index (χ1) is 14.5. The van der Waals surface area contributed by atoms with Crippen LogP contribution < -0.4 is 5.32 Å². The molecule has 0 radical (unpaired) electrons. The number of nitrogens with zero attached hydrogens (tertiary/aromatic N) is 3. The number of rotatable bonds is 5. The molecule has 30 heavy (non-hydrogen) atoms. The lowest BCUT2D eigenvalue weighted by Crippen LogP contribution is -2.51. The van der Waals surface area contributed by atoms with Crippen LogP contribution in [0.2, 0.25) is 0 Å². The zero-order chi connectivity index (χ0) is 21.0. The van der Waals surface area contributed by atoms with Crippen molar-refractivity contribution in [3.63, 3.8) is 0 Å². The molecule has 4 rings (SSSR count). The van der Waals surface area contributed by atoms with E-state index in [9.17, 15) is 14.0 Å². The fourth-order valence-electron chi connectivity index (χ4n) is 3.89. The zero-order valence-electron chi connectivity index (χ0n) is 16.5. The maximum absolute atomic E-state index is 13.4. The van der Waals surface area contributed by atoms with Gasteiger partial charge in [0, 0.05) is 31.9 Å². The van der Waals surface area contributed by atoms with Crippen molar-refractivity contribution in [2.75, 3.05) is 13.1 Å². The Hall–Kier alpha value is -3.29. The summed E-state index contributed by atoms with van der Waals surface area (Å²) in [7, 11) is 0. The van der Waals surface area contributed by atoms with Crippen molar-refractivity contribution in [3.8, 4) is 0 Å². The van der Waals surface area contributed by atoms with Crippen molar-refractivity contribution in [2.24, 2.45) is 5.16 Å². The van der Waals surface area contributed by atoms with Gasteiger partial charge in [-0.3, -0.25) is 14.6 Å². The average Bonchev–Trinajstić information content (AvgIpc) is 3.16. The highest BCUT2D eigenvalue weighted by molar-refractivity contribution is 6.39. The number of piperidine rings is 1. The monoisotopic (exact) mass is 410 g/mol. The van der Waals surface area contributed by atoms with Gasteiger partial charge in [-0.2, -0.15) is 0 Å². The van der Waals surface area contributed by atoms with Crippen LogP contribution in [0.4, 0.5) is 4.39 Å². The standard InChI is InChI=1S/C22H23FN4O3/c23-18-6-1-4-16(10-18)11-20(28)27-9-3-7-22(15-27)12-19(26-30-22)21(29)25-14-17-5-2-8-24-13-17/h1-2,4-6,8,10,13H,3,7,9,11-12,14-15H2,(H,25,29)/t22-/m0/s1. The van der Waals surface area contributed by atoms with Gasteiger partial charge in [-0.05, 0) is 42.2 Å². The fraction of sp³-hybridized carbons (Fsp3) is 0.364. The predicted molar refractivity (Wildman–Crippen MR) is 108 cm³/mol. The van der Waals surface area contributed by atoms with E-state index in [1.54, 1.807) is 29.4 Å². The van der Waals surface area contributed by atoms with Crippen LogP contribution in [0.3, 0.4) is 0 Å². The van der Waals surface area contributed by atoms with Crippen molar-refractivity contribution < 1.29 is 18.8 Å². The van der Waals surface area contributed by atoms with Crippen LogP contribution in [0.5, 0.6) is 0 Å².